The Hall–Kier alpha value is -1.01. The summed E-state index contributed by atoms with van der Waals surface area (Å²) in [5.74, 6) is 0.447. The molecule has 1 saturated carbocycles. The molecule has 6 heteroatoms. The Morgan fingerprint density at radius 3 is 2.74 bits per heavy atom. The van der Waals surface area contributed by atoms with E-state index in [1.807, 2.05) is 19.2 Å². The molecule has 104 valence electrons. The Morgan fingerprint density at radius 2 is 2.32 bits per heavy atom. The molecular formula is C13H19N3OS2. The Labute approximate surface area is 122 Å². The standard InChI is InChI=1S/C13H19N3OS2/c1-7-4-13(5-7,11(14)18)12(17)16-9(3)10-15-8(2)6-19-10/h6-7,9H,4-5H2,1-3H3,(H2,14,18)(H,16,17). The van der Waals surface area contributed by atoms with Crippen LogP contribution in [0.3, 0.4) is 0 Å². The maximum atomic E-state index is 12.4. The van der Waals surface area contributed by atoms with Gasteiger partial charge >= 0.3 is 0 Å². The van der Waals surface area contributed by atoms with Gasteiger partial charge in [0.25, 0.3) is 0 Å². The first-order chi connectivity index (χ1) is 8.85. The number of nitrogens with zero attached hydrogens (tertiary/aromatic N) is 1. The predicted molar refractivity (Wildman–Crippen MR) is 81.0 cm³/mol. The topological polar surface area (TPSA) is 68.0 Å². The van der Waals surface area contributed by atoms with Crippen LogP contribution in [0, 0.1) is 18.3 Å². The van der Waals surface area contributed by atoms with Crippen molar-refractivity contribution in [2.75, 3.05) is 0 Å². The zero-order valence-electron chi connectivity index (χ0n) is 11.4. The highest BCUT2D eigenvalue weighted by molar-refractivity contribution is 7.80. The minimum absolute atomic E-state index is 0.0570. The third-order valence-corrected chi connectivity index (χ3v) is 5.19. The Bertz CT molecular complexity index is 506. The molecule has 1 heterocycles. The fraction of sp³-hybridized carbons (Fsp3) is 0.615. The van der Waals surface area contributed by atoms with Gasteiger partial charge in [0.1, 0.15) is 5.01 Å². The summed E-state index contributed by atoms with van der Waals surface area (Å²) in [7, 11) is 0. The van der Waals surface area contributed by atoms with Crippen LogP contribution in [-0.4, -0.2) is 15.9 Å². The van der Waals surface area contributed by atoms with E-state index >= 15 is 0 Å². The second kappa shape index (κ2) is 5.17. The summed E-state index contributed by atoms with van der Waals surface area (Å²) in [4.78, 5) is 17.1. The molecule has 1 fully saturated rings. The molecule has 1 aromatic heterocycles. The molecule has 19 heavy (non-hydrogen) atoms. The van der Waals surface area contributed by atoms with Crippen molar-refractivity contribution in [2.45, 2.75) is 39.7 Å². The van der Waals surface area contributed by atoms with Crippen molar-refractivity contribution in [3.05, 3.63) is 16.1 Å². The lowest BCUT2D eigenvalue weighted by molar-refractivity contribution is -0.133. The van der Waals surface area contributed by atoms with E-state index in [-0.39, 0.29) is 11.9 Å². The number of carbonyl (C=O) groups excluding carboxylic acids is 1. The minimum Gasteiger partial charge on any atom is -0.392 e. The number of rotatable bonds is 4. The number of aryl methyl sites for hydroxylation is 1. The van der Waals surface area contributed by atoms with Crippen LogP contribution in [0.4, 0.5) is 0 Å². The summed E-state index contributed by atoms with van der Waals surface area (Å²) in [6.07, 6.45) is 1.50. The van der Waals surface area contributed by atoms with Crippen molar-refractivity contribution >= 4 is 34.5 Å². The summed E-state index contributed by atoms with van der Waals surface area (Å²) in [5, 5.41) is 5.89. The van der Waals surface area contributed by atoms with Gasteiger partial charge in [-0.2, -0.15) is 0 Å². The minimum atomic E-state index is -0.644. The van der Waals surface area contributed by atoms with Gasteiger partial charge in [-0.25, -0.2) is 4.98 Å². The largest absolute Gasteiger partial charge is 0.392 e. The molecule has 1 aliphatic carbocycles. The molecule has 0 aromatic carbocycles. The highest BCUT2D eigenvalue weighted by atomic mass is 32.1. The van der Waals surface area contributed by atoms with Crippen LogP contribution in [0.5, 0.6) is 0 Å². The maximum absolute atomic E-state index is 12.4. The molecule has 1 atom stereocenters. The first kappa shape index (κ1) is 14.4. The SMILES string of the molecule is Cc1csc(C(C)NC(=O)C2(C(N)=S)CC(C)C2)n1. The van der Waals surface area contributed by atoms with Gasteiger partial charge in [-0.1, -0.05) is 19.1 Å². The molecule has 0 bridgehead atoms. The first-order valence-electron chi connectivity index (χ1n) is 6.38. The molecule has 0 saturated heterocycles. The molecule has 4 nitrogen and oxygen atoms in total. The summed E-state index contributed by atoms with van der Waals surface area (Å²) in [5.41, 5.74) is 6.10. The van der Waals surface area contributed by atoms with Gasteiger partial charge in [-0.15, -0.1) is 11.3 Å². The average molecular weight is 297 g/mol. The second-order valence-electron chi connectivity index (χ2n) is 5.48. The monoisotopic (exact) mass is 297 g/mol. The Kier molecular flexibility index (Phi) is 3.92. The Balaban J connectivity index is 2.06. The number of amides is 1. The molecule has 0 radical (unpaired) electrons. The fourth-order valence-corrected chi connectivity index (χ4v) is 3.66. The smallest absolute Gasteiger partial charge is 0.233 e. The van der Waals surface area contributed by atoms with Crippen LogP contribution < -0.4 is 11.1 Å². The van der Waals surface area contributed by atoms with Crippen LogP contribution in [0.1, 0.15) is 43.4 Å². The highest BCUT2D eigenvalue weighted by Crippen LogP contribution is 2.46. The number of nitrogens with one attached hydrogen (secondary N) is 1. The number of nitrogens with two attached hydrogens (primary N) is 1. The van der Waals surface area contributed by atoms with Crippen LogP contribution in [0.25, 0.3) is 0 Å². The van der Waals surface area contributed by atoms with Crippen LogP contribution in [0.2, 0.25) is 0 Å². The zero-order chi connectivity index (χ0) is 14.2. The van der Waals surface area contributed by atoms with Crippen molar-refractivity contribution in [3.8, 4) is 0 Å². The highest BCUT2D eigenvalue weighted by Gasteiger charge is 2.51. The number of carbonyl (C=O) groups is 1. The van der Waals surface area contributed by atoms with Gasteiger partial charge in [-0.3, -0.25) is 4.79 Å². The van der Waals surface area contributed by atoms with Crippen LogP contribution in [-0.2, 0) is 4.79 Å². The third-order valence-electron chi connectivity index (χ3n) is 3.65. The molecular weight excluding hydrogens is 278 g/mol. The van der Waals surface area contributed by atoms with E-state index in [4.69, 9.17) is 18.0 Å². The maximum Gasteiger partial charge on any atom is 0.233 e. The third kappa shape index (κ3) is 2.65. The summed E-state index contributed by atoms with van der Waals surface area (Å²) in [6.45, 7) is 5.99. The summed E-state index contributed by atoms with van der Waals surface area (Å²) >= 11 is 6.64. The van der Waals surface area contributed by atoms with E-state index in [0.717, 1.165) is 23.5 Å². The van der Waals surface area contributed by atoms with Gasteiger partial charge < -0.3 is 11.1 Å². The number of thiocarbonyl (C=S) groups is 1. The normalized spacial score (nSPS) is 27.4. The molecule has 0 spiro atoms. The lowest BCUT2D eigenvalue weighted by atomic mass is 9.62. The van der Waals surface area contributed by atoms with Crippen molar-refractivity contribution in [1.29, 1.82) is 0 Å². The van der Waals surface area contributed by atoms with E-state index in [9.17, 15) is 4.79 Å². The van der Waals surface area contributed by atoms with Gasteiger partial charge in [0.15, 0.2) is 0 Å². The fourth-order valence-electron chi connectivity index (χ4n) is 2.60. The van der Waals surface area contributed by atoms with Crippen molar-refractivity contribution in [3.63, 3.8) is 0 Å². The van der Waals surface area contributed by atoms with E-state index in [2.05, 4.69) is 17.2 Å². The summed E-state index contributed by atoms with van der Waals surface area (Å²) < 4.78 is 0. The zero-order valence-corrected chi connectivity index (χ0v) is 13.0. The lowest BCUT2D eigenvalue weighted by Crippen LogP contribution is -2.56. The van der Waals surface area contributed by atoms with Crippen molar-refractivity contribution in [2.24, 2.45) is 17.1 Å². The van der Waals surface area contributed by atoms with Crippen molar-refractivity contribution < 1.29 is 4.79 Å². The molecule has 3 N–H and O–H groups in total. The average Bonchev–Trinajstić information content (AvgIpc) is 2.70. The lowest BCUT2D eigenvalue weighted by Gasteiger charge is -2.44. The van der Waals surface area contributed by atoms with Gasteiger partial charge in [0.05, 0.1) is 16.4 Å². The number of hydrogen-bond acceptors (Lipinski definition) is 4. The predicted octanol–water partition coefficient (Wildman–Crippen LogP) is 2.33. The van der Waals surface area contributed by atoms with Crippen LogP contribution >= 0.6 is 23.6 Å². The molecule has 2 rings (SSSR count). The number of aromatic nitrogens is 1. The molecule has 1 aromatic rings. The van der Waals surface area contributed by atoms with Gasteiger partial charge in [-0.05, 0) is 32.6 Å². The molecule has 1 amide bonds. The molecule has 1 aliphatic rings. The van der Waals surface area contributed by atoms with E-state index in [1.54, 1.807) is 11.3 Å². The van der Waals surface area contributed by atoms with Gasteiger partial charge in [0.2, 0.25) is 5.91 Å². The van der Waals surface area contributed by atoms with E-state index in [1.165, 1.54) is 0 Å². The number of thiazole rings is 1. The van der Waals surface area contributed by atoms with Crippen molar-refractivity contribution in [1.82, 2.24) is 10.3 Å². The molecule has 0 aliphatic heterocycles. The Morgan fingerprint density at radius 1 is 1.68 bits per heavy atom. The number of hydrogen-bond donors (Lipinski definition) is 2. The quantitative estimate of drug-likeness (QED) is 0.837. The van der Waals surface area contributed by atoms with Crippen LogP contribution in [0.15, 0.2) is 5.38 Å². The summed E-state index contributed by atoms with van der Waals surface area (Å²) in [6, 6.07) is -0.103. The van der Waals surface area contributed by atoms with E-state index in [0.29, 0.717) is 10.9 Å². The first-order valence-corrected chi connectivity index (χ1v) is 7.67. The second-order valence-corrected chi connectivity index (χ2v) is 6.81. The van der Waals surface area contributed by atoms with Gasteiger partial charge in [0, 0.05) is 11.1 Å². The molecule has 1 unspecified atom stereocenters. The van der Waals surface area contributed by atoms with E-state index < -0.39 is 5.41 Å².